The number of hydrogen-bond donors (Lipinski definition) is 1. The lowest BCUT2D eigenvalue weighted by Crippen LogP contribution is -2.36. The van der Waals surface area contributed by atoms with Gasteiger partial charge in [0.2, 0.25) is 5.91 Å². The lowest BCUT2D eigenvalue weighted by molar-refractivity contribution is -0.117. The number of fused-ring (bicyclic) bond motifs is 1. The number of pyridine rings is 1. The molecule has 6 heteroatoms. The van der Waals surface area contributed by atoms with Crippen molar-refractivity contribution in [3.8, 4) is 5.69 Å². The van der Waals surface area contributed by atoms with Crippen LogP contribution in [0.5, 0.6) is 0 Å². The summed E-state index contributed by atoms with van der Waals surface area (Å²) < 4.78 is 15.1. The van der Waals surface area contributed by atoms with Crippen LogP contribution in [-0.4, -0.2) is 20.7 Å². The zero-order valence-electron chi connectivity index (χ0n) is 16.5. The van der Waals surface area contributed by atoms with Gasteiger partial charge in [0.25, 0.3) is 0 Å². The van der Waals surface area contributed by atoms with Crippen molar-refractivity contribution in [1.82, 2.24) is 20.1 Å². The number of carbonyl (C=O) groups excluding carboxylic acids is 1. The molecule has 0 fully saturated rings. The van der Waals surface area contributed by atoms with Gasteiger partial charge in [0.15, 0.2) is 0 Å². The van der Waals surface area contributed by atoms with Gasteiger partial charge < -0.3 is 5.32 Å². The fraction of sp³-hybridized carbons (Fsp3) is 0.261. The van der Waals surface area contributed by atoms with E-state index in [4.69, 9.17) is 0 Å². The van der Waals surface area contributed by atoms with Crippen LogP contribution in [0.3, 0.4) is 0 Å². The Bertz CT molecular complexity index is 1040. The first kappa shape index (κ1) is 19.1. The van der Waals surface area contributed by atoms with Gasteiger partial charge in [-0.25, -0.2) is 9.07 Å². The second-order valence-corrected chi connectivity index (χ2v) is 8.13. The topological polar surface area (TPSA) is 59.8 Å². The van der Waals surface area contributed by atoms with E-state index in [1.807, 2.05) is 22.9 Å². The van der Waals surface area contributed by atoms with Crippen LogP contribution in [0.15, 0.2) is 60.9 Å². The van der Waals surface area contributed by atoms with Crippen LogP contribution >= 0.6 is 0 Å². The van der Waals surface area contributed by atoms with Crippen molar-refractivity contribution in [3.63, 3.8) is 0 Å². The van der Waals surface area contributed by atoms with Crippen LogP contribution in [0.25, 0.3) is 11.8 Å². The Hall–Kier alpha value is -3.28. The maximum Gasteiger partial charge on any atom is 0.244 e. The third-order valence-corrected chi connectivity index (χ3v) is 5.16. The monoisotopic (exact) mass is 390 g/mol. The van der Waals surface area contributed by atoms with Gasteiger partial charge in [-0.1, -0.05) is 19.9 Å². The number of amides is 1. The van der Waals surface area contributed by atoms with Crippen molar-refractivity contribution in [2.45, 2.75) is 32.7 Å². The van der Waals surface area contributed by atoms with E-state index in [0.717, 1.165) is 35.5 Å². The van der Waals surface area contributed by atoms with E-state index in [1.165, 1.54) is 18.2 Å². The minimum absolute atomic E-state index is 0.00649. The Morgan fingerprint density at radius 3 is 2.76 bits per heavy atom. The Morgan fingerprint density at radius 2 is 2.03 bits per heavy atom. The fourth-order valence-electron chi connectivity index (χ4n) is 3.83. The van der Waals surface area contributed by atoms with E-state index in [-0.39, 0.29) is 23.2 Å². The Kier molecular flexibility index (Phi) is 5.01. The largest absolute Gasteiger partial charge is 0.346 e. The number of benzene rings is 1. The average Bonchev–Trinajstić information content (AvgIpc) is 3.10. The summed E-state index contributed by atoms with van der Waals surface area (Å²) >= 11 is 0. The molecule has 29 heavy (non-hydrogen) atoms. The van der Waals surface area contributed by atoms with E-state index in [1.54, 1.807) is 30.6 Å². The molecule has 2 aromatic heterocycles. The zero-order chi connectivity index (χ0) is 20.4. The molecule has 1 aliphatic rings. The lowest BCUT2D eigenvalue weighted by atomic mass is 9.74. The average molecular weight is 390 g/mol. The van der Waals surface area contributed by atoms with Gasteiger partial charge in [-0.05, 0) is 60.7 Å². The van der Waals surface area contributed by atoms with E-state index in [2.05, 4.69) is 29.2 Å². The highest BCUT2D eigenvalue weighted by atomic mass is 19.1. The minimum Gasteiger partial charge on any atom is -0.346 e. The predicted octanol–water partition coefficient (Wildman–Crippen LogP) is 4.25. The predicted molar refractivity (Wildman–Crippen MR) is 110 cm³/mol. The molecule has 1 unspecified atom stereocenters. The van der Waals surface area contributed by atoms with Gasteiger partial charge in [0, 0.05) is 17.8 Å². The zero-order valence-corrected chi connectivity index (χ0v) is 16.5. The minimum atomic E-state index is -0.278. The van der Waals surface area contributed by atoms with Crippen molar-refractivity contribution < 1.29 is 9.18 Å². The summed E-state index contributed by atoms with van der Waals surface area (Å²) in [5, 5.41) is 7.64. The summed E-state index contributed by atoms with van der Waals surface area (Å²) in [6, 6.07) is 11.7. The smallest absolute Gasteiger partial charge is 0.244 e. The SMILES string of the molecule is CC1(C)Cc2c(cnn2-c2ccc(F)cc2)C(NC(=O)/C=C/c2ccccn2)C1. The molecule has 5 nitrogen and oxygen atoms in total. The number of aromatic nitrogens is 3. The summed E-state index contributed by atoms with van der Waals surface area (Å²) in [5.41, 5.74) is 3.59. The Labute approximate surface area is 169 Å². The highest BCUT2D eigenvalue weighted by Gasteiger charge is 2.35. The number of rotatable bonds is 4. The summed E-state index contributed by atoms with van der Waals surface area (Å²) in [5.74, 6) is -0.446. The van der Waals surface area contributed by atoms with Crippen LogP contribution in [0, 0.1) is 11.2 Å². The maximum absolute atomic E-state index is 13.3. The lowest BCUT2D eigenvalue weighted by Gasteiger charge is -2.35. The second-order valence-electron chi connectivity index (χ2n) is 8.13. The van der Waals surface area contributed by atoms with Crippen LogP contribution in [0.4, 0.5) is 4.39 Å². The van der Waals surface area contributed by atoms with Crippen LogP contribution in [-0.2, 0) is 11.2 Å². The number of nitrogens with one attached hydrogen (secondary N) is 1. The molecular formula is C23H23FN4O. The standard InChI is InChI=1S/C23H23FN4O/c1-23(2)13-20(27-22(29)11-8-17-5-3-4-12-25-17)19-15-26-28(21(19)14-23)18-9-6-16(24)7-10-18/h3-12,15,20H,13-14H2,1-2H3,(H,27,29)/b11-8+. The number of halogens is 1. The normalized spacial score (nSPS) is 17.8. The van der Waals surface area contributed by atoms with Gasteiger partial charge in [-0.2, -0.15) is 5.10 Å². The van der Waals surface area contributed by atoms with E-state index >= 15 is 0 Å². The molecule has 0 radical (unpaired) electrons. The maximum atomic E-state index is 13.3. The van der Waals surface area contributed by atoms with Gasteiger partial charge in [-0.3, -0.25) is 9.78 Å². The van der Waals surface area contributed by atoms with Gasteiger partial charge in [0.1, 0.15) is 5.82 Å². The number of nitrogens with zero attached hydrogens (tertiary/aromatic N) is 3. The van der Waals surface area contributed by atoms with Crippen LogP contribution in [0.2, 0.25) is 0 Å². The molecule has 0 bridgehead atoms. The molecular weight excluding hydrogens is 367 g/mol. The molecule has 0 aliphatic heterocycles. The van der Waals surface area contributed by atoms with E-state index in [9.17, 15) is 9.18 Å². The molecule has 1 N–H and O–H groups in total. The fourth-order valence-corrected chi connectivity index (χ4v) is 3.83. The van der Waals surface area contributed by atoms with Crippen molar-refractivity contribution in [1.29, 1.82) is 0 Å². The van der Waals surface area contributed by atoms with E-state index < -0.39 is 0 Å². The third-order valence-electron chi connectivity index (χ3n) is 5.16. The number of carbonyl (C=O) groups is 1. The molecule has 1 atom stereocenters. The van der Waals surface area contributed by atoms with Gasteiger partial charge in [-0.15, -0.1) is 0 Å². The third kappa shape index (κ3) is 4.26. The molecule has 148 valence electrons. The van der Waals surface area contributed by atoms with Gasteiger partial charge in [0.05, 0.1) is 29.3 Å². The van der Waals surface area contributed by atoms with Gasteiger partial charge >= 0.3 is 0 Å². The highest BCUT2D eigenvalue weighted by Crippen LogP contribution is 2.41. The quantitative estimate of drug-likeness (QED) is 0.678. The molecule has 1 aromatic carbocycles. The van der Waals surface area contributed by atoms with Crippen LogP contribution < -0.4 is 5.32 Å². The molecule has 0 spiro atoms. The Balaban J connectivity index is 1.59. The van der Waals surface area contributed by atoms with Crippen molar-refractivity contribution in [2.24, 2.45) is 5.41 Å². The first-order valence-electron chi connectivity index (χ1n) is 9.64. The van der Waals surface area contributed by atoms with Crippen molar-refractivity contribution in [2.75, 3.05) is 0 Å². The first-order valence-corrected chi connectivity index (χ1v) is 9.64. The molecule has 4 rings (SSSR count). The molecule has 2 heterocycles. The molecule has 0 saturated carbocycles. The molecule has 0 saturated heterocycles. The van der Waals surface area contributed by atoms with E-state index in [0.29, 0.717) is 0 Å². The molecule has 3 aromatic rings. The summed E-state index contributed by atoms with van der Waals surface area (Å²) in [6.45, 7) is 4.36. The first-order chi connectivity index (χ1) is 13.9. The molecule has 1 amide bonds. The Morgan fingerprint density at radius 1 is 1.24 bits per heavy atom. The summed E-state index contributed by atoms with van der Waals surface area (Å²) in [6.07, 6.45) is 8.35. The summed E-state index contributed by atoms with van der Waals surface area (Å²) in [7, 11) is 0. The summed E-state index contributed by atoms with van der Waals surface area (Å²) in [4.78, 5) is 16.7. The van der Waals surface area contributed by atoms with Crippen molar-refractivity contribution >= 4 is 12.0 Å². The second kappa shape index (κ2) is 7.62. The number of hydrogen-bond acceptors (Lipinski definition) is 3. The highest BCUT2D eigenvalue weighted by molar-refractivity contribution is 5.91. The van der Waals surface area contributed by atoms with Crippen LogP contribution in [0.1, 0.15) is 43.3 Å². The van der Waals surface area contributed by atoms with Crippen molar-refractivity contribution in [3.05, 3.63) is 83.7 Å². The molecule has 1 aliphatic carbocycles.